The number of benzene rings is 11. The van der Waals surface area contributed by atoms with Crippen LogP contribution >= 0.6 is 0 Å². The molecule has 11 aromatic rings. The molecule has 0 aliphatic heterocycles. The van der Waals surface area contributed by atoms with Crippen molar-refractivity contribution in [3.63, 3.8) is 0 Å². The highest BCUT2D eigenvalue weighted by Gasteiger charge is 2.47. The average Bonchev–Trinajstić information content (AvgIpc) is 0.782. The molecule has 0 saturated carbocycles. The Hall–Kier alpha value is -9.19. The first-order valence-corrected chi connectivity index (χ1v) is 66.8. The largest absolute Gasteiger partial charge is 0.499 e. The summed E-state index contributed by atoms with van der Waals surface area (Å²) >= 11 is 0. The van der Waals surface area contributed by atoms with Crippen molar-refractivity contribution >= 4 is 138 Å². The van der Waals surface area contributed by atoms with Crippen molar-refractivity contribution in [1.82, 2.24) is 0 Å². The molecule has 11 aromatic carbocycles. The highest BCUT2D eigenvalue weighted by Crippen LogP contribution is 2.28. The maximum absolute atomic E-state index is 11.5. The van der Waals surface area contributed by atoms with Crippen LogP contribution in [-0.2, 0) is 32.2 Å². The van der Waals surface area contributed by atoms with Crippen molar-refractivity contribution in [2.45, 2.75) is 303 Å². The monoisotopic (exact) mass is 1990 g/mol. The molecule has 0 N–H and O–H groups in total. The third-order valence-electron chi connectivity index (χ3n) is 24.1. The molecule has 0 aliphatic carbocycles. The zero-order valence-corrected chi connectivity index (χ0v) is 77.3. The first-order valence-electron chi connectivity index (χ1n) is 38.8. The normalized spacial score (nSPS) is 9.94. The van der Waals surface area contributed by atoms with E-state index in [1.807, 2.05) is 84.1 Å². The zero-order chi connectivity index (χ0) is 80.5. The van der Waals surface area contributed by atoms with Gasteiger partial charge in [-0.2, -0.15) is 10.2 Å². The van der Waals surface area contributed by atoms with Crippen LogP contribution in [-0.4, -0.2) is 99.4 Å². The first-order chi connectivity index (χ1) is 52.8. The Bertz CT molecular complexity index is 4690. The fourth-order valence-corrected chi connectivity index (χ4v) is 48.6. The number of hydrazone groups is 2. The number of carbonyl (C=O) groups is 1. The summed E-state index contributed by atoms with van der Waals surface area (Å²) in [5.41, 5.74) is 8.07. The molecule has 11 rings (SSSR count). The minimum atomic E-state index is -1.64. The highest BCUT2D eigenvalue weighted by molar-refractivity contribution is 7.51. The van der Waals surface area contributed by atoms with E-state index < -0.39 is 60.7 Å². The standard InChI is InChI=1S/C29H32N2Si2.C24H30N2Si2.C21H28O2Si2.C21H30O2Si2.24CH4/c1-32(2,28-18-12-7-13-19-28)33(3,4)29-22-20-25(21-23-29)24-30-31(26-14-8-5-9-15-26)27-16-10-6-11-17-27;1-26(22-12-8-6-9-13-22)25-20-21-16-18-24(19-17-21)28(4,5)27(2,3)23-14-10-7-11-15-23;1-17(2)21(22)23-16-18-12-14-20(15-13-18)25(5,6)24(3,4)19-10-8-7-9-11-19;1-6-22-16-17-23-18-19-12-14-21(15-13-19)25(4,5)24(2,3)20-10-8-7-9-11-20;;;;;;;;;;;;;;;;;;;;;;;;/h5-24H,1-4H3;6-20H,1-5H3;7-15H,1,16H2,2-6H3;6-15H,1,16-18H2,2-5H3;24*1H4/b30-24+;25-20+;;;;;;;;;;;;;;;;;;;;;;;;;;. The van der Waals surface area contributed by atoms with Gasteiger partial charge >= 0.3 is 5.97 Å². The molecule has 0 amide bonds. The number of carbonyl (C=O) groups excluding carboxylic acids is 1. The van der Waals surface area contributed by atoms with E-state index in [0.717, 1.165) is 33.8 Å². The predicted molar refractivity (Wildman–Crippen MR) is 665 cm³/mol. The van der Waals surface area contributed by atoms with Gasteiger partial charge in [-0.05, 0) is 65.6 Å². The lowest BCUT2D eigenvalue weighted by Crippen LogP contribution is -2.69. The van der Waals surface area contributed by atoms with Crippen LogP contribution in [0.4, 0.5) is 17.1 Å². The van der Waals surface area contributed by atoms with E-state index in [9.17, 15) is 4.79 Å². The van der Waals surface area contributed by atoms with E-state index in [0.29, 0.717) is 32.0 Å². The van der Waals surface area contributed by atoms with E-state index in [4.69, 9.17) is 19.3 Å². The van der Waals surface area contributed by atoms with Crippen molar-refractivity contribution in [3.8, 4) is 0 Å². The van der Waals surface area contributed by atoms with Gasteiger partial charge in [0.2, 0.25) is 0 Å². The van der Waals surface area contributed by atoms with E-state index in [1.54, 1.807) is 22.5 Å². The Balaban J connectivity index is -0.0000000870. The van der Waals surface area contributed by atoms with Crippen LogP contribution in [0.2, 0.25) is 105 Å². The van der Waals surface area contributed by atoms with E-state index in [1.165, 1.54) is 37.8 Å². The molecule has 0 saturated heterocycles. The molecule has 0 aromatic heterocycles. The van der Waals surface area contributed by atoms with Crippen molar-refractivity contribution < 1.29 is 19.0 Å². The zero-order valence-electron chi connectivity index (χ0n) is 69.3. The van der Waals surface area contributed by atoms with Gasteiger partial charge in [-0.15, -0.1) is 0 Å². The fraction of sp³-hybridized carbons (Fsp3) is 0.387. The number of anilines is 3. The second-order valence-electron chi connectivity index (χ2n) is 32.9. The van der Waals surface area contributed by atoms with Gasteiger partial charge in [0.25, 0.3) is 0 Å². The van der Waals surface area contributed by atoms with Crippen LogP contribution in [0, 0.1) is 0 Å². The second kappa shape index (κ2) is 75.9. The third-order valence-corrected chi connectivity index (χ3v) is 95.3. The molecule has 0 aliphatic rings. The van der Waals surface area contributed by atoms with Gasteiger partial charge in [0.15, 0.2) is 0 Å². The smallest absolute Gasteiger partial charge is 0.333 e. The number of rotatable bonds is 28. The summed E-state index contributed by atoms with van der Waals surface area (Å²) in [7, 11) is -10.7. The summed E-state index contributed by atoms with van der Waals surface area (Å²) in [6, 6.07) is 111. The average molecular weight is 1990 g/mol. The molecule has 768 valence electrons. The molecule has 0 bridgehead atoms. The molecule has 8 nitrogen and oxygen atoms in total. The van der Waals surface area contributed by atoms with Crippen LogP contribution in [0.1, 0.15) is 207 Å². The number of ether oxygens (including phenoxy) is 3. The molecule has 0 radical (unpaired) electrons. The van der Waals surface area contributed by atoms with Gasteiger partial charge < -0.3 is 14.2 Å². The number of esters is 1. The maximum atomic E-state index is 11.5. The predicted octanol–water partition coefficient (Wildman–Crippen LogP) is 34.4. The van der Waals surface area contributed by atoms with Gasteiger partial charge in [0.05, 0.1) is 110 Å². The van der Waals surface area contributed by atoms with Crippen LogP contribution in [0.25, 0.3) is 0 Å². The minimum Gasteiger partial charge on any atom is -0.499 e. The number of hydrogen-bond donors (Lipinski definition) is 0. The van der Waals surface area contributed by atoms with Gasteiger partial charge in [0.1, 0.15) is 13.2 Å². The lowest BCUT2D eigenvalue weighted by atomic mass is 10.2. The van der Waals surface area contributed by atoms with Crippen molar-refractivity contribution in [1.29, 1.82) is 0 Å². The Labute approximate surface area is 850 Å². The maximum Gasteiger partial charge on any atom is 0.333 e. The lowest BCUT2D eigenvalue weighted by Gasteiger charge is -2.39. The van der Waals surface area contributed by atoms with Gasteiger partial charge in [-0.25, -0.2) is 9.80 Å². The molecule has 0 spiro atoms. The molecule has 16 heteroatoms. The molecule has 0 unspecified atom stereocenters. The molecular formula is C119H216N4O4Si8. The Morgan fingerprint density at radius 1 is 0.281 bits per heavy atom. The number of hydrogen-bond acceptors (Lipinski definition) is 8. The SMILES string of the molecule is C.C.C.C.C.C.C.C.C.C.C.C.C.C.C.C.C.C.C.C.C.C.C.C.C=C(C)C(=O)OCc1ccc([Si](C)(C)[Si](C)(C)c2ccccc2)cc1.C=COCCOCc1ccc([Si](C)(C)[Si](C)(C)c2ccccc2)cc1.CN(/N=C/c1ccc([Si](C)(C)[Si](C)(C)c2ccccc2)cc1)c1ccccc1.C[Si](C)(c1ccccc1)[Si](C)(C)c1ccc(/C=N/N(c2ccccc2)c2ccccc2)cc1. The summed E-state index contributed by atoms with van der Waals surface area (Å²) in [4.78, 5) is 11.5. The van der Waals surface area contributed by atoms with Gasteiger partial charge in [-0.1, -0.05) is 611 Å². The number of nitrogens with zero attached hydrogens (tertiary/aromatic N) is 4. The van der Waals surface area contributed by atoms with Crippen molar-refractivity contribution in [2.75, 3.05) is 30.3 Å². The summed E-state index contributed by atoms with van der Waals surface area (Å²) in [6.45, 7) is 51.1. The Kier molecular flexibility index (Phi) is 93.0. The summed E-state index contributed by atoms with van der Waals surface area (Å²) in [5, 5.41) is 25.5. The quantitative estimate of drug-likeness (QED) is 0.00925. The van der Waals surface area contributed by atoms with E-state index in [-0.39, 0.29) is 184 Å². The van der Waals surface area contributed by atoms with Crippen LogP contribution in [0.15, 0.2) is 345 Å². The Morgan fingerprint density at radius 2 is 0.489 bits per heavy atom. The molecule has 135 heavy (non-hydrogen) atoms. The lowest BCUT2D eigenvalue weighted by molar-refractivity contribution is -0.140. The minimum absolute atomic E-state index is 0. The molecular weight excluding hydrogens is 1770 g/mol. The summed E-state index contributed by atoms with van der Waals surface area (Å²) < 4.78 is 15.9. The van der Waals surface area contributed by atoms with Crippen molar-refractivity contribution in [3.05, 3.63) is 357 Å². The molecule has 0 atom stereocenters. The number of para-hydroxylation sites is 3. The first kappa shape index (κ1) is 166. The van der Waals surface area contributed by atoms with Gasteiger partial charge in [-0.3, -0.25) is 5.01 Å². The highest BCUT2D eigenvalue weighted by atomic mass is 29.3. The van der Waals surface area contributed by atoms with Crippen LogP contribution in [0.3, 0.4) is 0 Å². The molecule has 0 fully saturated rings. The van der Waals surface area contributed by atoms with Crippen molar-refractivity contribution in [2.24, 2.45) is 10.2 Å². The van der Waals surface area contributed by atoms with Crippen LogP contribution < -0.4 is 51.5 Å². The Morgan fingerprint density at radius 3 is 0.726 bits per heavy atom. The fourth-order valence-electron chi connectivity index (χ4n) is 13.4. The van der Waals surface area contributed by atoms with E-state index >= 15 is 0 Å². The summed E-state index contributed by atoms with van der Waals surface area (Å²) in [5.74, 6) is -0.337. The second-order valence-corrected chi connectivity index (χ2v) is 93.5. The topological polar surface area (TPSA) is 76.0 Å². The van der Waals surface area contributed by atoms with Gasteiger partial charge in [0, 0.05) is 12.6 Å². The molecule has 0 heterocycles. The van der Waals surface area contributed by atoms with Crippen LogP contribution in [0.5, 0.6) is 0 Å². The summed E-state index contributed by atoms with van der Waals surface area (Å²) in [6.07, 6.45) is 5.34. The van der Waals surface area contributed by atoms with E-state index in [2.05, 4.69) is 378 Å². The third kappa shape index (κ3) is 43.2.